The van der Waals surface area contributed by atoms with Gasteiger partial charge in [-0.15, -0.1) is 0 Å². The lowest BCUT2D eigenvalue weighted by atomic mass is 9.98. The summed E-state index contributed by atoms with van der Waals surface area (Å²) in [4.78, 5) is 30.2. The molecular weight excluding hydrogens is 392 g/mol. The lowest BCUT2D eigenvalue weighted by Gasteiger charge is -2.35. The summed E-state index contributed by atoms with van der Waals surface area (Å²) in [6, 6.07) is 8.83. The van der Waals surface area contributed by atoms with Crippen LogP contribution in [0, 0.1) is 0 Å². The van der Waals surface area contributed by atoms with Gasteiger partial charge in [0.25, 0.3) is 5.91 Å². The van der Waals surface area contributed by atoms with E-state index in [4.69, 9.17) is 22.1 Å². The summed E-state index contributed by atoms with van der Waals surface area (Å²) < 4.78 is 7.23. The fraction of sp³-hybridized carbons (Fsp3) is 0.190. The van der Waals surface area contributed by atoms with E-state index in [0.717, 1.165) is 16.7 Å². The number of pyridine rings is 1. The SMILES string of the molecule is C=CC(=O)N1CCOCC1c1cc(Cl)cc(-c2cc(C(N)=O)n3ccnc3c2)c1. The van der Waals surface area contributed by atoms with Crippen molar-refractivity contribution in [1.29, 1.82) is 0 Å². The minimum atomic E-state index is -0.555. The lowest BCUT2D eigenvalue weighted by molar-refractivity contribution is -0.134. The van der Waals surface area contributed by atoms with Crippen LogP contribution < -0.4 is 5.73 Å². The molecule has 2 amide bonds. The molecule has 8 heteroatoms. The smallest absolute Gasteiger partial charge is 0.265 e. The highest BCUT2D eigenvalue weighted by Crippen LogP contribution is 2.32. The summed E-state index contributed by atoms with van der Waals surface area (Å²) in [6.45, 7) is 4.90. The molecule has 1 saturated heterocycles. The first-order chi connectivity index (χ1) is 14.0. The number of aromatic nitrogens is 2. The van der Waals surface area contributed by atoms with Crippen LogP contribution in [-0.4, -0.2) is 45.9 Å². The van der Waals surface area contributed by atoms with Crippen LogP contribution in [-0.2, 0) is 9.53 Å². The topological polar surface area (TPSA) is 89.9 Å². The second kappa shape index (κ2) is 7.69. The van der Waals surface area contributed by atoms with E-state index in [2.05, 4.69) is 11.6 Å². The number of imidazole rings is 1. The molecule has 3 aromatic rings. The maximum Gasteiger partial charge on any atom is 0.265 e. The zero-order chi connectivity index (χ0) is 20.5. The average molecular weight is 411 g/mol. The number of amides is 2. The van der Waals surface area contributed by atoms with Crippen LogP contribution >= 0.6 is 11.6 Å². The maximum absolute atomic E-state index is 12.3. The van der Waals surface area contributed by atoms with Gasteiger partial charge in [-0.25, -0.2) is 4.98 Å². The van der Waals surface area contributed by atoms with Crippen molar-refractivity contribution in [3.63, 3.8) is 0 Å². The molecule has 1 fully saturated rings. The summed E-state index contributed by atoms with van der Waals surface area (Å²) >= 11 is 6.40. The lowest BCUT2D eigenvalue weighted by Crippen LogP contribution is -2.42. The Morgan fingerprint density at radius 3 is 2.79 bits per heavy atom. The molecule has 1 atom stereocenters. The molecule has 1 aliphatic heterocycles. The highest BCUT2D eigenvalue weighted by Gasteiger charge is 2.28. The molecule has 0 saturated carbocycles. The number of rotatable bonds is 4. The fourth-order valence-electron chi connectivity index (χ4n) is 3.61. The predicted molar refractivity (Wildman–Crippen MR) is 110 cm³/mol. The summed E-state index contributed by atoms with van der Waals surface area (Å²) in [7, 11) is 0. The molecule has 148 valence electrons. The molecule has 0 spiro atoms. The Balaban J connectivity index is 1.81. The van der Waals surface area contributed by atoms with Gasteiger partial charge in [0, 0.05) is 24.0 Å². The zero-order valence-corrected chi connectivity index (χ0v) is 16.3. The molecular formula is C21H19ClN4O3. The highest BCUT2D eigenvalue weighted by atomic mass is 35.5. The molecule has 7 nitrogen and oxygen atoms in total. The van der Waals surface area contributed by atoms with E-state index in [0.29, 0.717) is 36.1 Å². The number of carbonyl (C=O) groups is 2. The second-order valence-electron chi connectivity index (χ2n) is 6.75. The normalized spacial score (nSPS) is 16.7. The average Bonchev–Trinajstić information content (AvgIpc) is 3.20. The van der Waals surface area contributed by atoms with Crippen LogP contribution in [0.4, 0.5) is 0 Å². The molecule has 2 N–H and O–H groups in total. The third kappa shape index (κ3) is 3.62. The Morgan fingerprint density at radius 2 is 2.03 bits per heavy atom. The number of nitrogens with two attached hydrogens (primary N) is 1. The van der Waals surface area contributed by atoms with Crippen molar-refractivity contribution >= 4 is 29.1 Å². The fourth-order valence-corrected chi connectivity index (χ4v) is 3.86. The van der Waals surface area contributed by atoms with Crippen molar-refractivity contribution in [2.75, 3.05) is 19.8 Å². The van der Waals surface area contributed by atoms with E-state index < -0.39 is 5.91 Å². The minimum Gasteiger partial charge on any atom is -0.377 e. The van der Waals surface area contributed by atoms with Crippen molar-refractivity contribution in [2.45, 2.75) is 6.04 Å². The summed E-state index contributed by atoms with van der Waals surface area (Å²) in [5.41, 5.74) is 8.84. The third-order valence-corrected chi connectivity index (χ3v) is 5.20. The molecule has 0 radical (unpaired) electrons. The van der Waals surface area contributed by atoms with Crippen molar-refractivity contribution in [3.05, 3.63) is 71.7 Å². The number of hydrogen-bond acceptors (Lipinski definition) is 4. The molecule has 0 aliphatic carbocycles. The van der Waals surface area contributed by atoms with Crippen LogP contribution in [0.1, 0.15) is 22.1 Å². The Morgan fingerprint density at radius 1 is 1.24 bits per heavy atom. The van der Waals surface area contributed by atoms with Crippen molar-refractivity contribution in [2.24, 2.45) is 5.73 Å². The minimum absolute atomic E-state index is 0.158. The van der Waals surface area contributed by atoms with E-state index in [1.165, 1.54) is 6.08 Å². The number of benzene rings is 1. The number of carbonyl (C=O) groups excluding carboxylic acids is 2. The van der Waals surface area contributed by atoms with Crippen LogP contribution in [0.5, 0.6) is 0 Å². The van der Waals surface area contributed by atoms with Crippen LogP contribution in [0.3, 0.4) is 0 Å². The second-order valence-corrected chi connectivity index (χ2v) is 7.19. The number of ether oxygens (including phenoxy) is 1. The number of nitrogens with zero attached hydrogens (tertiary/aromatic N) is 3. The Bertz CT molecular complexity index is 1120. The van der Waals surface area contributed by atoms with Crippen molar-refractivity contribution in [1.82, 2.24) is 14.3 Å². The van der Waals surface area contributed by atoms with Crippen molar-refractivity contribution < 1.29 is 14.3 Å². The standard InChI is InChI=1S/C21H19ClN4O3/c1-2-20(27)26-5-6-29-12-18(26)15-7-13(8-16(22)9-15)14-10-17(21(23)28)25-4-3-24-19(25)11-14/h2-4,7-11,18H,1,5-6,12H2,(H2,23,28). The van der Waals surface area contributed by atoms with E-state index in [1.807, 2.05) is 18.2 Å². The van der Waals surface area contributed by atoms with E-state index in [1.54, 1.807) is 33.8 Å². The van der Waals surface area contributed by atoms with Gasteiger partial charge in [-0.05, 0) is 53.1 Å². The quantitative estimate of drug-likeness (QED) is 0.669. The van der Waals surface area contributed by atoms with E-state index in [-0.39, 0.29) is 11.9 Å². The summed E-state index contributed by atoms with van der Waals surface area (Å²) in [6.07, 6.45) is 4.59. The molecule has 3 heterocycles. The van der Waals surface area contributed by atoms with E-state index in [9.17, 15) is 9.59 Å². The Labute approximate surface area is 172 Å². The maximum atomic E-state index is 12.3. The molecule has 2 aromatic heterocycles. The molecule has 4 rings (SSSR count). The molecule has 1 unspecified atom stereocenters. The Kier molecular flexibility index (Phi) is 5.08. The Hall–Kier alpha value is -3.16. The zero-order valence-electron chi connectivity index (χ0n) is 15.5. The molecule has 0 bridgehead atoms. The van der Waals surface area contributed by atoms with Gasteiger partial charge < -0.3 is 15.4 Å². The van der Waals surface area contributed by atoms with Gasteiger partial charge in [-0.2, -0.15) is 0 Å². The summed E-state index contributed by atoms with van der Waals surface area (Å²) in [5.74, 6) is -0.713. The van der Waals surface area contributed by atoms with Crippen LogP contribution in [0.15, 0.2) is 55.4 Å². The first-order valence-electron chi connectivity index (χ1n) is 9.06. The van der Waals surface area contributed by atoms with Gasteiger partial charge in [-0.3, -0.25) is 14.0 Å². The third-order valence-electron chi connectivity index (χ3n) is 4.98. The summed E-state index contributed by atoms with van der Waals surface area (Å²) in [5, 5.41) is 0.512. The number of primary amides is 1. The van der Waals surface area contributed by atoms with Gasteiger partial charge in [0.15, 0.2) is 0 Å². The largest absolute Gasteiger partial charge is 0.377 e. The van der Waals surface area contributed by atoms with Crippen LogP contribution in [0.2, 0.25) is 5.02 Å². The molecule has 1 aromatic carbocycles. The monoisotopic (exact) mass is 410 g/mol. The van der Waals surface area contributed by atoms with Gasteiger partial charge in [0.1, 0.15) is 11.3 Å². The predicted octanol–water partition coefficient (Wildman–Crippen LogP) is 2.84. The van der Waals surface area contributed by atoms with E-state index >= 15 is 0 Å². The molecule has 29 heavy (non-hydrogen) atoms. The van der Waals surface area contributed by atoms with Gasteiger partial charge in [-0.1, -0.05) is 18.2 Å². The first kappa shape index (κ1) is 19.2. The highest BCUT2D eigenvalue weighted by molar-refractivity contribution is 6.31. The molecule has 1 aliphatic rings. The van der Waals surface area contributed by atoms with Gasteiger partial charge >= 0.3 is 0 Å². The van der Waals surface area contributed by atoms with Crippen molar-refractivity contribution in [3.8, 4) is 11.1 Å². The number of hydrogen-bond donors (Lipinski definition) is 1. The van der Waals surface area contributed by atoms with Crippen LogP contribution in [0.25, 0.3) is 16.8 Å². The van der Waals surface area contributed by atoms with Gasteiger partial charge in [0.05, 0.1) is 19.3 Å². The number of morpholine rings is 1. The van der Waals surface area contributed by atoms with Gasteiger partial charge in [0.2, 0.25) is 5.91 Å². The number of fused-ring (bicyclic) bond motifs is 1. The number of halogens is 1. The first-order valence-corrected chi connectivity index (χ1v) is 9.44.